The standard InChI is InChI=1S/C11H12O2S/c1-7-3-4-10(13-2)11-9(7)5-8(6-12)14-11/h3-5,12H,6H2,1-2H3. The molecule has 1 heterocycles. The lowest BCUT2D eigenvalue weighted by atomic mass is 10.1. The van der Waals surface area contributed by atoms with Gasteiger partial charge in [0.15, 0.2) is 0 Å². The van der Waals surface area contributed by atoms with Crippen molar-refractivity contribution >= 4 is 21.4 Å². The van der Waals surface area contributed by atoms with Gasteiger partial charge in [0.1, 0.15) is 5.75 Å². The summed E-state index contributed by atoms with van der Waals surface area (Å²) in [6.45, 7) is 2.16. The van der Waals surface area contributed by atoms with Crippen LogP contribution in [0.15, 0.2) is 18.2 Å². The van der Waals surface area contributed by atoms with E-state index in [-0.39, 0.29) is 6.61 Å². The molecule has 3 heteroatoms. The van der Waals surface area contributed by atoms with Crippen LogP contribution in [-0.2, 0) is 6.61 Å². The quantitative estimate of drug-likeness (QED) is 0.822. The van der Waals surface area contributed by atoms with Crippen LogP contribution in [0.1, 0.15) is 10.4 Å². The molecule has 0 unspecified atom stereocenters. The van der Waals surface area contributed by atoms with Crippen LogP contribution in [0.25, 0.3) is 10.1 Å². The van der Waals surface area contributed by atoms with Crippen LogP contribution in [0.4, 0.5) is 0 Å². The summed E-state index contributed by atoms with van der Waals surface area (Å²) < 4.78 is 6.39. The van der Waals surface area contributed by atoms with E-state index in [1.54, 1.807) is 18.4 Å². The first-order valence-electron chi connectivity index (χ1n) is 4.43. The highest BCUT2D eigenvalue weighted by Crippen LogP contribution is 2.35. The molecule has 1 aromatic carbocycles. The van der Waals surface area contributed by atoms with Gasteiger partial charge >= 0.3 is 0 Å². The van der Waals surface area contributed by atoms with Crippen LogP contribution in [0.3, 0.4) is 0 Å². The summed E-state index contributed by atoms with van der Waals surface area (Å²) >= 11 is 1.59. The molecule has 0 aliphatic carbocycles. The van der Waals surface area contributed by atoms with E-state index in [1.165, 1.54) is 10.9 Å². The number of thiophene rings is 1. The molecule has 2 aromatic rings. The highest BCUT2D eigenvalue weighted by Gasteiger charge is 2.08. The fourth-order valence-corrected chi connectivity index (χ4v) is 2.61. The van der Waals surface area contributed by atoms with Crippen molar-refractivity contribution < 1.29 is 9.84 Å². The summed E-state index contributed by atoms with van der Waals surface area (Å²) in [6, 6.07) is 6.03. The maximum absolute atomic E-state index is 9.06. The summed E-state index contributed by atoms with van der Waals surface area (Å²) in [7, 11) is 1.67. The highest BCUT2D eigenvalue weighted by molar-refractivity contribution is 7.19. The van der Waals surface area contributed by atoms with Crippen LogP contribution in [0.2, 0.25) is 0 Å². The van der Waals surface area contributed by atoms with Crippen molar-refractivity contribution in [2.45, 2.75) is 13.5 Å². The van der Waals surface area contributed by atoms with E-state index in [9.17, 15) is 0 Å². The first-order valence-corrected chi connectivity index (χ1v) is 5.24. The van der Waals surface area contributed by atoms with Crippen molar-refractivity contribution in [2.75, 3.05) is 7.11 Å². The number of aliphatic hydroxyl groups excluding tert-OH is 1. The first kappa shape index (κ1) is 9.49. The Morgan fingerprint density at radius 3 is 2.86 bits per heavy atom. The van der Waals surface area contributed by atoms with Crippen molar-refractivity contribution in [1.29, 1.82) is 0 Å². The molecule has 1 aromatic heterocycles. The third kappa shape index (κ3) is 1.38. The van der Waals surface area contributed by atoms with Gasteiger partial charge in [0.25, 0.3) is 0 Å². The normalized spacial score (nSPS) is 10.8. The number of aliphatic hydroxyl groups is 1. The first-order chi connectivity index (χ1) is 6.76. The maximum Gasteiger partial charge on any atom is 0.136 e. The monoisotopic (exact) mass is 208 g/mol. The van der Waals surface area contributed by atoms with Gasteiger partial charge in [-0.05, 0) is 30.0 Å². The van der Waals surface area contributed by atoms with Gasteiger partial charge in [-0.2, -0.15) is 0 Å². The van der Waals surface area contributed by atoms with Gasteiger partial charge in [-0.25, -0.2) is 0 Å². The number of ether oxygens (including phenoxy) is 1. The van der Waals surface area contributed by atoms with Crippen molar-refractivity contribution in [3.63, 3.8) is 0 Å². The highest BCUT2D eigenvalue weighted by atomic mass is 32.1. The molecule has 1 N–H and O–H groups in total. The Bertz CT molecular complexity index is 460. The summed E-state index contributed by atoms with van der Waals surface area (Å²) in [5.74, 6) is 0.885. The molecule has 0 aliphatic rings. The van der Waals surface area contributed by atoms with E-state index in [0.717, 1.165) is 15.3 Å². The van der Waals surface area contributed by atoms with E-state index >= 15 is 0 Å². The van der Waals surface area contributed by atoms with E-state index < -0.39 is 0 Å². The van der Waals surface area contributed by atoms with Gasteiger partial charge in [0, 0.05) is 4.88 Å². The predicted molar refractivity (Wildman–Crippen MR) is 59.0 cm³/mol. The van der Waals surface area contributed by atoms with Crippen LogP contribution in [0.5, 0.6) is 5.75 Å². The third-order valence-corrected chi connectivity index (χ3v) is 3.43. The minimum Gasteiger partial charge on any atom is -0.495 e. The molecule has 0 saturated carbocycles. The Balaban J connectivity index is 2.74. The molecule has 0 aliphatic heterocycles. The topological polar surface area (TPSA) is 29.5 Å². The average Bonchev–Trinajstić information content (AvgIpc) is 2.63. The molecule has 74 valence electrons. The van der Waals surface area contributed by atoms with Crippen molar-refractivity contribution in [1.82, 2.24) is 0 Å². The second kappa shape index (κ2) is 3.59. The number of rotatable bonds is 2. The Labute approximate surface area is 86.8 Å². The second-order valence-electron chi connectivity index (χ2n) is 3.20. The van der Waals surface area contributed by atoms with E-state index in [0.29, 0.717) is 0 Å². The molecule has 0 spiro atoms. The van der Waals surface area contributed by atoms with E-state index in [2.05, 4.69) is 6.92 Å². The van der Waals surface area contributed by atoms with E-state index in [4.69, 9.17) is 9.84 Å². The van der Waals surface area contributed by atoms with Crippen molar-refractivity contribution in [3.8, 4) is 5.75 Å². The molecule has 2 nitrogen and oxygen atoms in total. The van der Waals surface area contributed by atoms with Crippen molar-refractivity contribution in [2.24, 2.45) is 0 Å². The SMILES string of the molecule is COc1ccc(C)c2cc(CO)sc12. The van der Waals surface area contributed by atoms with Crippen LogP contribution < -0.4 is 4.74 Å². The average molecular weight is 208 g/mol. The molecule has 0 amide bonds. The Morgan fingerprint density at radius 2 is 2.21 bits per heavy atom. The second-order valence-corrected chi connectivity index (χ2v) is 4.34. The number of hydrogen-bond acceptors (Lipinski definition) is 3. The lowest BCUT2D eigenvalue weighted by Crippen LogP contribution is -1.82. The van der Waals surface area contributed by atoms with Crippen LogP contribution in [-0.4, -0.2) is 12.2 Å². The van der Waals surface area contributed by atoms with Crippen LogP contribution >= 0.6 is 11.3 Å². The summed E-state index contributed by atoms with van der Waals surface area (Å²) in [4.78, 5) is 0.979. The van der Waals surface area contributed by atoms with Gasteiger partial charge in [-0.15, -0.1) is 11.3 Å². The summed E-state index contributed by atoms with van der Waals surface area (Å²) in [6.07, 6.45) is 0. The molecule has 0 bridgehead atoms. The van der Waals surface area contributed by atoms with E-state index in [1.807, 2.05) is 18.2 Å². The molecule has 2 rings (SSSR count). The smallest absolute Gasteiger partial charge is 0.136 e. The zero-order valence-corrected chi connectivity index (χ0v) is 9.02. The van der Waals surface area contributed by atoms with Crippen molar-refractivity contribution in [3.05, 3.63) is 28.6 Å². The minimum absolute atomic E-state index is 0.0991. The maximum atomic E-state index is 9.06. The van der Waals surface area contributed by atoms with Gasteiger partial charge in [-0.3, -0.25) is 0 Å². The molecular formula is C11H12O2S. The lowest BCUT2D eigenvalue weighted by Gasteiger charge is -2.02. The number of benzene rings is 1. The lowest BCUT2D eigenvalue weighted by molar-refractivity contribution is 0.285. The molecule has 0 atom stereocenters. The Morgan fingerprint density at radius 1 is 1.43 bits per heavy atom. The molecule has 0 radical (unpaired) electrons. The number of methoxy groups -OCH3 is 1. The molecular weight excluding hydrogens is 196 g/mol. The molecule has 0 fully saturated rings. The van der Waals surface area contributed by atoms with Gasteiger partial charge in [0.2, 0.25) is 0 Å². The third-order valence-electron chi connectivity index (χ3n) is 2.29. The number of hydrogen-bond donors (Lipinski definition) is 1. The molecule has 14 heavy (non-hydrogen) atoms. The minimum atomic E-state index is 0.0991. The predicted octanol–water partition coefficient (Wildman–Crippen LogP) is 2.71. The number of aryl methyl sites for hydroxylation is 1. The van der Waals surface area contributed by atoms with Gasteiger partial charge in [-0.1, -0.05) is 6.07 Å². The fourth-order valence-electron chi connectivity index (χ4n) is 1.52. The van der Waals surface area contributed by atoms with Gasteiger partial charge < -0.3 is 9.84 Å². The largest absolute Gasteiger partial charge is 0.495 e. The summed E-state index contributed by atoms with van der Waals surface area (Å²) in [5.41, 5.74) is 1.22. The fraction of sp³-hybridized carbons (Fsp3) is 0.273. The molecule has 0 saturated heterocycles. The number of fused-ring (bicyclic) bond motifs is 1. The van der Waals surface area contributed by atoms with Crippen LogP contribution in [0, 0.1) is 6.92 Å². The van der Waals surface area contributed by atoms with Gasteiger partial charge in [0.05, 0.1) is 18.4 Å². The zero-order chi connectivity index (χ0) is 10.1. The summed E-state index contributed by atoms with van der Waals surface area (Å²) in [5, 5.41) is 10.2. The zero-order valence-electron chi connectivity index (χ0n) is 8.20. The Hall–Kier alpha value is -1.06. The Kier molecular flexibility index (Phi) is 2.44.